The fourth-order valence-corrected chi connectivity index (χ4v) is 4.71. The Hall–Kier alpha value is -2.80. The molecule has 0 spiro atoms. The molecule has 0 saturated carbocycles. The number of nitrogens with one attached hydrogen (secondary N) is 2. The molecule has 1 aromatic rings. The Kier molecular flexibility index (Phi) is 8.65. The Balaban J connectivity index is 1.72. The summed E-state index contributed by atoms with van der Waals surface area (Å²) in [5, 5.41) is 30.8. The van der Waals surface area contributed by atoms with Crippen molar-refractivity contribution in [1.29, 1.82) is 0 Å². The number of carbonyl (C=O) groups is 2. The summed E-state index contributed by atoms with van der Waals surface area (Å²) in [7, 11) is -4.21. The second-order valence-corrected chi connectivity index (χ2v) is 9.80. The molecule has 4 N–H and O–H groups in total. The van der Waals surface area contributed by atoms with Crippen LogP contribution in [0.4, 0.5) is 0 Å². The number of hydrogen-bond acceptors (Lipinski definition) is 11. The fourth-order valence-electron chi connectivity index (χ4n) is 3.21. The molecule has 2 aliphatic heterocycles. The van der Waals surface area contributed by atoms with Gasteiger partial charge in [0.2, 0.25) is 0 Å². The Morgan fingerprint density at radius 1 is 1.29 bits per heavy atom. The molecule has 2 unspecified atom stereocenters. The summed E-state index contributed by atoms with van der Waals surface area (Å²) in [6, 6.07) is 7.08. The van der Waals surface area contributed by atoms with E-state index >= 15 is 0 Å². The van der Waals surface area contributed by atoms with Crippen molar-refractivity contribution >= 4 is 25.8 Å². The van der Waals surface area contributed by atoms with Crippen LogP contribution in [0.15, 0.2) is 47.8 Å². The van der Waals surface area contributed by atoms with Crippen molar-refractivity contribution < 1.29 is 42.9 Å². The third kappa shape index (κ3) is 6.88. The van der Waals surface area contributed by atoms with Gasteiger partial charge in [-0.25, -0.2) is 9.57 Å². The van der Waals surface area contributed by atoms with E-state index in [0.29, 0.717) is 0 Å². The number of aliphatic hydroxyl groups is 2. The zero-order valence-corrected chi connectivity index (χ0v) is 20.3. The number of carbonyl (C=O) groups excluding carboxylic acids is 2. The number of nitrogens with zero attached hydrogens (tertiary/aromatic N) is 2. The number of hydrazone groups is 1. The summed E-state index contributed by atoms with van der Waals surface area (Å²) >= 11 is 0. The number of esters is 1. The summed E-state index contributed by atoms with van der Waals surface area (Å²) in [4.78, 5) is 23.6. The second-order valence-electron chi connectivity index (χ2n) is 8.11. The SMILES string of the molecule is C=C1NC(=O)C=NN1[C@@H]1O[C@H](COP(=O)(N[C@@H](C)C(=O)OC(C)C)Oc2ccccc2)C(O)[C@@H]1O. The first-order valence-corrected chi connectivity index (χ1v) is 12.4. The maximum atomic E-state index is 13.5. The molecule has 0 radical (unpaired) electrons. The van der Waals surface area contributed by atoms with Gasteiger partial charge in [-0.15, -0.1) is 0 Å². The Morgan fingerprint density at radius 2 is 1.97 bits per heavy atom. The van der Waals surface area contributed by atoms with Crippen molar-refractivity contribution in [2.45, 2.75) is 57.5 Å². The molecule has 2 heterocycles. The van der Waals surface area contributed by atoms with Gasteiger partial charge in [0.15, 0.2) is 6.23 Å². The second kappa shape index (κ2) is 11.3. The number of para-hydroxylation sites is 1. The van der Waals surface area contributed by atoms with Gasteiger partial charge in [0.25, 0.3) is 5.91 Å². The minimum Gasteiger partial charge on any atom is -0.462 e. The van der Waals surface area contributed by atoms with Crippen LogP contribution in [0.3, 0.4) is 0 Å². The van der Waals surface area contributed by atoms with Gasteiger partial charge in [0.05, 0.1) is 12.7 Å². The molecular formula is C21H29N4O9P. The van der Waals surface area contributed by atoms with E-state index < -0.39 is 56.8 Å². The Morgan fingerprint density at radius 3 is 2.60 bits per heavy atom. The van der Waals surface area contributed by atoms with Crippen molar-refractivity contribution in [2.24, 2.45) is 5.10 Å². The van der Waals surface area contributed by atoms with Crippen molar-refractivity contribution in [2.75, 3.05) is 6.61 Å². The van der Waals surface area contributed by atoms with E-state index in [1.165, 1.54) is 6.92 Å². The highest BCUT2D eigenvalue weighted by Gasteiger charge is 2.48. The first-order valence-electron chi connectivity index (χ1n) is 10.8. The van der Waals surface area contributed by atoms with Gasteiger partial charge in [-0.2, -0.15) is 10.2 Å². The van der Waals surface area contributed by atoms with E-state index in [4.69, 9.17) is 18.5 Å². The topological polar surface area (TPSA) is 168 Å². The van der Waals surface area contributed by atoms with Crippen molar-refractivity contribution in [3.8, 4) is 5.75 Å². The first kappa shape index (κ1) is 26.8. The zero-order valence-electron chi connectivity index (χ0n) is 19.4. The molecule has 192 valence electrons. The molecule has 1 amide bonds. The van der Waals surface area contributed by atoms with E-state index in [-0.39, 0.29) is 17.7 Å². The number of hydrogen-bond donors (Lipinski definition) is 4. The molecule has 1 saturated heterocycles. The number of rotatable bonds is 10. The van der Waals surface area contributed by atoms with Gasteiger partial charge in [0, 0.05) is 0 Å². The molecule has 1 fully saturated rings. The Bertz CT molecular complexity index is 1010. The van der Waals surface area contributed by atoms with Gasteiger partial charge in [-0.1, -0.05) is 24.8 Å². The van der Waals surface area contributed by atoms with E-state index in [1.54, 1.807) is 44.2 Å². The zero-order chi connectivity index (χ0) is 25.8. The van der Waals surface area contributed by atoms with Crippen LogP contribution in [-0.2, 0) is 28.2 Å². The molecule has 2 aliphatic rings. The smallest absolute Gasteiger partial charge is 0.459 e. The van der Waals surface area contributed by atoms with Crippen LogP contribution >= 0.6 is 7.75 Å². The van der Waals surface area contributed by atoms with Crippen LogP contribution in [0.5, 0.6) is 5.75 Å². The minimum atomic E-state index is -4.21. The average molecular weight is 512 g/mol. The average Bonchev–Trinajstić information content (AvgIpc) is 3.06. The van der Waals surface area contributed by atoms with E-state index in [1.807, 2.05) is 0 Å². The van der Waals surface area contributed by atoms with E-state index in [0.717, 1.165) is 11.2 Å². The monoisotopic (exact) mass is 512 g/mol. The summed E-state index contributed by atoms with van der Waals surface area (Å²) in [5.74, 6) is -0.938. The maximum absolute atomic E-state index is 13.5. The van der Waals surface area contributed by atoms with Crippen LogP contribution in [-0.4, -0.2) is 76.6 Å². The minimum absolute atomic E-state index is 0.0348. The van der Waals surface area contributed by atoms with Gasteiger partial charge in [-0.3, -0.25) is 14.1 Å². The molecule has 6 atom stereocenters. The predicted octanol–water partition coefficient (Wildman–Crippen LogP) is 0.455. The molecule has 1 aromatic carbocycles. The molecule has 14 heteroatoms. The van der Waals surface area contributed by atoms with Crippen LogP contribution in [0.1, 0.15) is 20.8 Å². The molecule has 0 aliphatic carbocycles. The highest BCUT2D eigenvalue weighted by Crippen LogP contribution is 2.45. The van der Waals surface area contributed by atoms with E-state index in [9.17, 15) is 24.4 Å². The highest BCUT2D eigenvalue weighted by molar-refractivity contribution is 7.52. The molecule has 3 rings (SSSR count). The standard InChI is InChI=1S/C21H29N4O9P/c1-12(2)32-21(29)13(3)24-35(30,34-15-8-6-5-7-9-15)31-11-16-18(27)19(28)20(33-16)25-14(4)23-17(26)10-22-25/h5-10,12-13,16,18-20,27-28H,4,11H2,1-3H3,(H,23,26)(H,24,30)/t13-,16+,18?,19-,20+,35?/m0/s1. The third-order valence-corrected chi connectivity index (χ3v) is 6.50. The highest BCUT2D eigenvalue weighted by atomic mass is 31.2. The largest absolute Gasteiger partial charge is 0.462 e. The summed E-state index contributed by atoms with van der Waals surface area (Å²) in [6.45, 7) is 7.93. The van der Waals surface area contributed by atoms with Gasteiger partial charge < -0.3 is 29.5 Å². The van der Waals surface area contributed by atoms with E-state index in [2.05, 4.69) is 22.1 Å². The summed E-state index contributed by atoms with van der Waals surface area (Å²) in [5.41, 5.74) is 0. The number of amides is 1. The third-order valence-electron chi connectivity index (χ3n) is 4.86. The van der Waals surface area contributed by atoms with Crippen LogP contribution in [0.2, 0.25) is 0 Å². The molecule has 0 bridgehead atoms. The number of ether oxygens (including phenoxy) is 2. The van der Waals surface area contributed by atoms with Crippen molar-refractivity contribution in [3.05, 3.63) is 42.7 Å². The van der Waals surface area contributed by atoms with Crippen molar-refractivity contribution in [3.63, 3.8) is 0 Å². The Labute approximate surface area is 202 Å². The van der Waals surface area contributed by atoms with Crippen molar-refractivity contribution in [1.82, 2.24) is 15.4 Å². The lowest BCUT2D eigenvalue weighted by molar-refractivity contribution is -0.149. The normalized spacial score (nSPS) is 26.9. The first-order chi connectivity index (χ1) is 16.5. The fraction of sp³-hybridized carbons (Fsp3) is 0.476. The molecular weight excluding hydrogens is 483 g/mol. The van der Waals surface area contributed by atoms with Crippen LogP contribution < -0.4 is 14.9 Å². The molecule has 35 heavy (non-hydrogen) atoms. The van der Waals surface area contributed by atoms with Gasteiger partial charge in [-0.05, 0) is 32.9 Å². The lowest BCUT2D eigenvalue weighted by Crippen LogP contribution is -2.47. The maximum Gasteiger partial charge on any atom is 0.459 e. The van der Waals surface area contributed by atoms with Crippen LogP contribution in [0.25, 0.3) is 0 Å². The van der Waals surface area contributed by atoms with Crippen LogP contribution in [0, 0.1) is 0 Å². The lowest BCUT2D eigenvalue weighted by atomic mass is 10.1. The summed E-state index contributed by atoms with van der Waals surface area (Å²) in [6.07, 6.45) is -4.72. The number of aliphatic hydroxyl groups excluding tert-OH is 2. The molecule has 0 aromatic heterocycles. The number of benzene rings is 1. The van der Waals surface area contributed by atoms with Gasteiger partial charge in [0.1, 0.15) is 42.1 Å². The summed E-state index contributed by atoms with van der Waals surface area (Å²) < 4.78 is 35.4. The molecule has 13 nitrogen and oxygen atoms in total. The van der Waals surface area contributed by atoms with Gasteiger partial charge >= 0.3 is 13.7 Å². The lowest BCUT2D eigenvalue weighted by Gasteiger charge is -2.30. The quantitative estimate of drug-likeness (QED) is 0.254. The predicted molar refractivity (Wildman–Crippen MR) is 123 cm³/mol.